The van der Waals surface area contributed by atoms with E-state index >= 15 is 0 Å². The van der Waals surface area contributed by atoms with Gasteiger partial charge in [0.2, 0.25) is 5.91 Å². The maximum absolute atomic E-state index is 13.2. The Hall–Kier alpha value is -2.44. The summed E-state index contributed by atoms with van der Waals surface area (Å²) in [6.07, 6.45) is 5.08. The average molecular weight is 428 g/mol. The van der Waals surface area contributed by atoms with Crippen molar-refractivity contribution < 1.29 is 9.59 Å². The molecule has 0 spiro atoms. The number of nitrogens with one attached hydrogen (secondary N) is 1. The second kappa shape index (κ2) is 9.79. The molecule has 0 bridgehead atoms. The predicted molar refractivity (Wildman–Crippen MR) is 123 cm³/mol. The quantitative estimate of drug-likeness (QED) is 0.715. The lowest BCUT2D eigenvalue weighted by atomic mass is 9.98. The largest absolute Gasteiger partial charge is 0.349 e. The van der Waals surface area contributed by atoms with E-state index in [1.165, 1.54) is 0 Å². The summed E-state index contributed by atoms with van der Waals surface area (Å²) in [5.74, 6) is 0.504. The van der Waals surface area contributed by atoms with Crippen molar-refractivity contribution >= 4 is 22.8 Å². The lowest BCUT2D eigenvalue weighted by molar-refractivity contribution is -0.136. The first-order valence-corrected chi connectivity index (χ1v) is 11.7. The van der Waals surface area contributed by atoms with Crippen LogP contribution in [0.25, 0.3) is 11.0 Å². The molecule has 0 radical (unpaired) electrons. The number of carbonyl (C=O) groups is 2. The van der Waals surface area contributed by atoms with Gasteiger partial charge in [-0.2, -0.15) is 5.10 Å². The third-order valence-electron chi connectivity index (χ3n) is 6.39. The Kier molecular flexibility index (Phi) is 7.34. The Bertz CT molecular complexity index is 921. The summed E-state index contributed by atoms with van der Waals surface area (Å²) in [4.78, 5) is 32.6. The fraction of sp³-hybridized carbons (Fsp3) is 0.667. The summed E-state index contributed by atoms with van der Waals surface area (Å²) in [5, 5.41) is 8.47. The van der Waals surface area contributed by atoms with Gasteiger partial charge >= 0.3 is 0 Å². The second-order valence-corrected chi connectivity index (χ2v) is 9.26. The zero-order valence-corrected chi connectivity index (χ0v) is 19.8. The number of rotatable bonds is 7. The fourth-order valence-corrected chi connectivity index (χ4v) is 4.30. The van der Waals surface area contributed by atoms with E-state index in [1.807, 2.05) is 15.6 Å². The summed E-state index contributed by atoms with van der Waals surface area (Å²) in [7, 11) is 0. The first-order chi connectivity index (χ1) is 14.8. The molecule has 31 heavy (non-hydrogen) atoms. The number of piperidine rings is 1. The SMILES string of the molecule is CCC(CC)C(=O)N1CCC(NC(=O)c2cc(C(C)C)nc3c2cnn3C(C)C)CC1. The number of aromatic nitrogens is 3. The minimum Gasteiger partial charge on any atom is -0.349 e. The molecule has 7 nitrogen and oxygen atoms in total. The highest BCUT2D eigenvalue weighted by Crippen LogP contribution is 2.25. The van der Waals surface area contributed by atoms with E-state index in [4.69, 9.17) is 4.98 Å². The van der Waals surface area contributed by atoms with Gasteiger partial charge in [0.05, 0.1) is 17.1 Å². The van der Waals surface area contributed by atoms with Gasteiger partial charge in [-0.1, -0.05) is 27.7 Å². The number of hydrogen-bond donors (Lipinski definition) is 1. The zero-order chi connectivity index (χ0) is 22.7. The first kappa shape index (κ1) is 23.2. The van der Waals surface area contributed by atoms with Crippen molar-refractivity contribution in [3.05, 3.63) is 23.5 Å². The van der Waals surface area contributed by atoms with Gasteiger partial charge in [-0.15, -0.1) is 0 Å². The van der Waals surface area contributed by atoms with E-state index in [1.54, 1.807) is 6.20 Å². The molecule has 170 valence electrons. The van der Waals surface area contributed by atoms with Crippen LogP contribution < -0.4 is 5.32 Å². The normalized spacial score (nSPS) is 15.5. The zero-order valence-electron chi connectivity index (χ0n) is 19.8. The number of pyridine rings is 1. The minimum atomic E-state index is -0.0811. The van der Waals surface area contributed by atoms with E-state index in [-0.39, 0.29) is 35.7 Å². The molecule has 3 rings (SSSR count). The maximum atomic E-state index is 13.2. The minimum absolute atomic E-state index is 0.0733. The molecular weight excluding hydrogens is 390 g/mol. The molecule has 0 unspecified atom stereocenters. The van der Waals surface area contributed by atoms with Gasteiger partial charge in [0.1, 0.15) is 0 Å². The molecule has 7 heteroatoms. The summed E-state index contributed by atoms with van der Waals surface area (Å²) < 4.78 is 1.87. The van der Waals surface area contributed by atoms with E-state index in [0.717, 1.165) is 42.4 Å². The van der Waals surface area contributed by atoms with Crippen LogP contribution in [0.3, 0.4) is 0 Å². The molecule has 1 saturated heterocycles. The van der Waals surface area contributed by atoms with E-state index < -0.39 is 0 Å². The summed E-state index contributed by atoms with van der Waals surface area (Å²) >= 11 is 0. The number of likely N-dealkylation sites (tertiary alicyclic amines) is 1. The topological polar surface area (TPSA) is 80.1 Å². The lowest BCUT2D eigenvalue weighted by Crippen LogP contribution is -2.48. The lowest BCUT2D eigenvalue weighted by Gasteiger charge is -2.34. The molecule has 0 saturated carbocycles. The van der Waals surface area contributed by atoms with Crippen LogP contribution in [-0.4, -0.2) is 50.6 Å². The number of carbonyl (C=O) groups excluding carboxylic acids is 2. The highest BCUT2D eigenvalue weighted by atomic mass is 16.2. The molecule has 1 aliphatic heterocycles. The van der Waals surface area contributed by atoms with Gasteiger partial charge in [-0.3, -0.25) is 9.59 Å². The smallest absolute Gasteiger partial charge is 0.252 e. The van der Waals surface area contributed by atoms with Crippen molar-refractivity contribution in [2.45, 2.75) is 85.2 Å². The number of fused-ring (bicyclic) bond motifs is 1. The van der Waals surface area contributed by atoms with Crippen molar-refractivity contribution in [3.63, 3.8) is 0 Å². The Morgan fingerprint density at radius 3 is 2.32 bits per heavy atom. The average Bonchev–Trinajstić information content (AvgIpc) is 3.18. The van der Waals surface area contributed by atoms with Gasteiger partial charge in [-0.05, 0) is 51.5 Å². The third-order valence-corrected chi connectivity index (χ3v) is 6.39. The molecule has 1 N–H and O–H groups in total. The molecule has 0 aromatic carbocycles. The summed E-state index contributed by atoms with van der Waals surface area (Å²) in [6.45, 7) is 13.8. The van der Waals surface area contributed by atoms with Crippen LogP contribution >= 0.6 is 0 Å². The van der Waals surface area contributed by atoms with Crippen LogP contribution in [-0.2, 0) is 4.79 Å². The molecule has 3 heterocycles. The monoisotopic (exact) mass is 427 g/mol. The number of nitrogens with zero attached hydrogens (tertiary/aromatic N) is 4. The Balaban J connectivity index is 1.75. The van der Waals surface area contributed by atoms with Gasteiger partial charge < -0.3 is 10.2 Å². The molecule has 2 aromatic rings. The summed E-state index contributed by atoms with van der Waals surface area (Å²) in [5.41, 5.74) is 2.29. The predicted octanol–water partition coefficient (Wildman–Crippen LogP) is 4.29. The molecule has 1 aliphatic rings. The van der Waals surface area contributed by atoms with E-state index in [2.05, 4.69) is 52.0 Å². The van der Waals surface area contributed by atoms with Crippen LogP contribution in [0.2, 0.25) is 0 Å². The van der Waals surface area contributed by atoms with Gasteiger partial charge in [0.15, 0.2) is 5.65 Å². The van der Waals surface area contributed by atoms with E-state index in [9.17, 15) is 9.59 Å². The number of hydrogen-bond acceptors (Lipinski definition) is 4. The van der Waals surface area contributed by atoms with Crippen molar-refractivity contribution in [3.8, 4) is 0 Å². The van der Waals surface area contributed by atoms with Gasteiger partial charge in [0, 0.05) is 36.8 Å². The molecule has 2 amide bonds. The molecule has 0 aliphatic carbocycles. The third kappa shape index (κ3) is 4.91. The second-order valence-electron chi connectivity index (χ2n) is 9.26. The molecule has 2 aromatic heterocycles. The van der Waals surface area contributed by atoms with Crippen molar-refractivity contribution in [1.29, 1.82) is 0 Å². The Morgan fingerprint density at radius 2 is 1.77 bits per heavy atom. The van der Waals surface area contributed by atoms with Crippen LogP contribution in [0, 0.1) is 5.92 Å². The Morgan fingerprint density at radius 1 is 1.13 bits per heavy atom. The number of amides is 2. The van der Waals surface area contributed by atoms with E-state index in [0.29, 0.717) is 18.7 Å². The van der Waals surface area contributed by atoms with Crippen molar-refractivity contribution in [2.75, 3.05) is 13.1 Å². The van der Waals surface area contributed by atoms with Crippen LogP contribution in [0.1, 0.15) is 95.2 Å². The molecule has 0 atom stereocenters. The van der Waals surface area contributed by atoms with Crippen LogP contribution in [0.15, 0.2) is 12.3 Å². The van der Waals surface area contributed by atoms with Crippen molar-refractivity contribution in [1.82, 2.24) is 25.0 Å². The maximum Gasteiger partial charge on any atom is 0.252 e. The highest BCUT2D eigenvalue weighted by Gasteiger charge is 2.28. The first-order valence-electron chi connectivity index (χ1n) is 11.7. The Labute approximate surface area is 185 Å². The highest BCUT2D eigenvalue weighted by molar-refractivity contribution is 6.05. The van der Waals surface area contributed by atoms with Gasteiger partial charge in [0.25, 0.3) is 5.91 Å². The van der Waals surface area contributed by atoms with Crippen molar-refractivity contribution in [2.24, 2.45) is 5.92 Å². The van der Waals surface area contributed by atoms with Gasteiger partial charge in [-0.25, -0.2) is 9.67 Å². The van der Waals surface area contributed by atoms with Crippen LogP contribution in [0.5, 0.6) is 0 Å². The summed E-state index contributed by atoms with van der Waals surface area (Å²) in [6, 6.07) is 2.14. The molecular formula is C24H37N5O2. The fourth-order valence-electron chi connectivity index (χ4n) is 4.30. The van der Waals surface area contributed by atoms with Crippen LogP contribution in [0.4, 0.5) is 0 Å². The standard InChI is InChI=1S/C24H37N5O2/c1-7-17(8-2)24(31)28-11-9-18(10-12-28)26-23(30)19-13-21(15(3)4)27-22-20(19)14-25-29(22)16(5)6/h13-18H,7-12H2,1-6H3,(H,26,30). The molecule has 1 fully saturated rings.